The Labute approximate surface area is 352 Å². The quantitative estimate of drug-likeness (QED) is 0.0442. The molecular formula is C46H58N6O4S2+2. The zero-order valence-corrected chi connectivity index (χ0v) is 35.9. The van der Waals surface area contributed by atoms with E-state index in [0.717, 1.165) is 71.3 Å². The highest BCUT2D eigenvalue weighted by Gasteiger charge is 2.11. The molecule has 58 heavy (non-hydrogen) atoms. The van der Waals surface area contributed by atoms with Crippen LogP contribution < -0.4 is 29.6 Å². The third kappa shape index (κ3) is 17.1. The van der Waals surface area contributed by atoms with Gasteiger partial charge in [-0.25, -0.2) is 0 Å². The number of pyridine rings is 2. The number of ketones is 2. The lowest BCUT2D eigenvalue weighted by atomic mass is 10.1. The summed E-state index contributed by atoms with van der Waals surface area (Å²) in [4.78, 5) is 51.7. The minimum atomic E-state index is 0.0549. The van der Waals surface area contributed by atoms with Crippen molar-refractivity contribution in [2.45, 2.75) is 52.6 Å². The molecule has 2 aromatic carbocycles. The number of Topliss-reactive ketones (excluding diaryl/α,β-unsaturated/α-hetero) is 2. The number of hydrogen-bond acceptors (Lipinski definition) is 8. The van der Waals surface area contributed by atoms with Gasteiger partial charge in [0.05, 0.1) is 13.1 Å². The minimum absolute atomic E-state index is 0.0549. The van der Waals surface area contributed by atoms with Crippen molar-refractivity contribution in [3.63, 3.8) is 0 Å². The van der Waals surface area contributed by atoms with Crippen molar-refractivity contribution in [2.24, 2.45) is 0 Å². The molecule has 0 aliphatic heterocycles. The first-order valence-electron chi connectivity index (χ1n) is 19.8. The second-order valence-corrected chi connectivity index (χ2v) is 16.9. The third-order valence-corrected chi connectivity index (χ3v) is 11.5. The Bertz CT molecular complexity index is 1840. The van der Waals surface area contributed by atoms with Gasteiger partial charge in [-0.1, -0.05) is 45.9 Å². The van der Waals surface area contributed by atoms with Crippen LogP contribution in [0.3, 0.4) is 0 Å². The zero-order chi connectivity index (χ0) is 41.5. The van der Waals surface area contributed by atoms with Gasteiger partial charge in [0, 0.05) is 112 Å². The smallest absolute Gasteiger partial charge is 0.220 e. The molecule has 0 saturated carbocycles. The molecule has 0 spiro atoms. The van der Waals surface area contributed by atoms with Gasteiger partial charge in [0.25, 0.3) is 0 Å². The molecule has 12 heteroatoms. The number of carbonyl (C=O) groups is 4. The summed E-state index contributed by atoms with van der Waals surface area (Å²) in [5.74, 6) is 1.97. The summed E-state index contributed by atoms with van der Waals surface area (Å²) in [5, 5.41) is 6.05. The summed E-state index contributed by atoms with van der Waals surface area (Å²) in [6.45, 7) is 6.66. The molecular weight excluding hydrogens is 765 g/mol. The van der Waals surface area contributed by atoms with Crippen molar-refractivity contribution in [3.05, 3.63) is 120 Å². The lowest BCUT2D eigenvalue weighted by molar-refractivity contribution is -0.699. The molecule has 4 rings (SSSR count). The van der Waals surface area contributed by atoms with Crippen LogP contribution >= 0.6 is 21.6 Å². The van der Waals surface area contributed by atoms with Gasteiger partial charge in [-0.3, -0.25) is 19.2 Å². The van der Waals surface area contributed by atoms with Gasteiger partial charge < -0.3 is 20.4 Å². The van der Waals surface area contributed by atoms with E-state index in [1.54, 1.807) is 35.4 Å². The highest BCUT2D eigenvalue weighted by Crippen LogP contribution is 2.20. The first-order valence-corrected chi connectivity index (χ1v) is 22.3. The van der Waals surface area contributed by atoms with Crippen molar-refractivity contribution < 1.29 is 28.3 Å². The van der Waals surface area contributed by atoms with Gasteiger partial charge in [-0.05, 0) is 73.5 Å². The van der Waals surface area contributed by atoms with Gasteiger partial charge in [0.2, 0.25) is 23.2 Å². The number of carbonyl (C=O) groups excluding carboxylic acids is 4. The lowest BCUT2D eigenvalue weighted by Crippen LogP contribution is -2.37. The predicted octanol–water partition coefficient (Wildman–Crippen LogP) is 6.53. The van der Waals surface area contributed by atoms with Gasteiger partial charge in [0.1, 0.15) is 24.7 Å². The first-order chi connectivity index (χ1) is 28.1. The third-order valence-electron chi connectivity index (χ3n) is 9.14. The number of nitrogens with one attached hydrogen (secondary N) is 2. The van der Waals surface area contributed by atoms with E-state index in [1.807, 2.05) is 109 Å². The summed E-state index contributed by atoms with van der Waals surface area (Å²) in [6, 6.07) is 28.4. The van der Waals surface area contributed by atoms with Crippen molar-refractivity contribution in [2.75, 3.05) is 61.6 Å². The van der Waals surface area contributed by atoms with Crippen LogP contribution in [0.5, 0.6) is 0 Å². The van der Waals surface area contributed by atoms with E-state index < -0.39 is 0 Å². The number of aryl methyl sites for hydroxylation is 2. The normalized spacial score (nSPS) is 11.2. The second kappa shape index (κ2) is 25.2. The van der Waals surface area contributed by atoms with Crippen molar-refractivity contribution in [3.8, 4) is 0 Å². The molecule has 0 fully saturated rings. The van der Waals surface area contributed by atoms with Crippen molar-refractivity contribution in [1.82, 2.24) is 10.6 Å². The van der Waals surface area contributed by atoms with E-state index >= 15 is 0 Å². The van der Waals surface area contributed by atoms with Crippen LogP contribution in [0.2, 0.25) is 0 Å². The largest absolute Gasteiger partial charge is 0.367 e. The Kier molecular flexibility index (Phi) is 19.8. The Hall–Kier alpha value is -5.20. The number of nitrogens with zero attached hydrogens (tertiary/aromatic N) is 4. The maximum Gasteiger partial charge on any atom is 0.220 e. The maximum absolute atomic E-state index is 12.5. The van der Waals surface area contributed by atoms with E-state index in [9.17, 15) is 19.2 Å². The van der Waals surface area contributed by atoms with Crippen LogP contribution in [-0.2, 0) is 32.3 Å². The van der Waals surface area contributed by atoms with Crippen molar-refractivity contribution >= 4 is 80.6 Å². The number of aromatic nitrogens is 2. The Morgan fingerprint density at radius 2 is 0.966 bits per heavy atom. The molecule has 2 N–H and O–H groups in total. The molecule has 0 saturated heterocycles. The fourth-order valence-electron chi connectivity index (χ4n) is 6.16. The highest BCUT2D eigenvalue weighted by molar-refractivity contribution is 8.76. The fourth-order valence-corrected chi connectivity index (χ4v) is 7.97. The molecule has 0 atom stereocenters. The van der Waals surface area contributed by atoms with E-state index in [0.29, 0.717) is 39.0 Å². The molecule has 10 nitrogen and oxygen atoms in total. The zero-order valence-electron chi connectivity index (χ0n) is 34.3. The van der Waals surface area contributed by atoms with Gasteiger partial charge in [-0.2, -0.15) is 9.13 Å². The Balaban J connectivity index is 1.04. The second-order valence-electron chi connectivity index (χ2n) is 14.2. The standard InChI is InChI=1S/C46H56N6O4S2/c1-37(53)35-49(3)41-21-15-39(16-22-41)19-25-43-11-5-7-29-51(43)31-9-13-45(55)47-27-33-57-58-34-28-48-46(56)14-10-32-52-30-8-6-12-44(52)26-20-40-17-23-42(24-18-40)50(4)36-38(2)54/h5-8,11-12,15-26,29-30H,9-10,13-14,27-28,31-36H2,1-4H3/p+2. The number of anilines is 2. The molecule has 0 radical (unpaired) electrons. The lowest BCUT2D eigenvalue weighted by Gasteiger charge is -2.17. The molecule has 0 unspecified atom stereocenters. The van der Waals surface area contributed by atoms with Gasteiger partial charge in [0.15, 0.2) is 12.4 Å². The molecule has 0 bridgehead atoms. The summed E-state index contributed by atoms with van der Waals surface area (Å²) in [5.41, 5.74) is 6.26. The van der Waals surface area contributed by atoms with Crippen LogP contribution in [0.1, 0.15) is 62.0 Å². The SMILES string of the molecule is CC(=O)CN(C)c1ccc(/C=C/c2cccc[n+]2CCCC(=O)NCCSSCCNC(=O)CCC[n+]2ccccc2/C=C/c2ccc(N(C)CC(C)=O)cc2)cc1. The van der Waals surface area contributed by atoms with Crippen LogP contribution in [0, 0.1) is 0 Å². The predicted molar refractivity (Wildman–Crippen MR) is 241 cm³/mol. The van der Waals surface area contributed by atoms with Gasteiger partial charge >= 0.3 is 0 Å². The van der Waals surface area contributed by atoms with E-state index in [1.165, 1.54) is 0 Å². The maximum atomic E-state index is 12.5. The summed E-state index contributed by atoms with van der Waals surface area (Å²) in [7, 11) is 7.23. The highest BCUT2D eigenvalue weighted by atomic mass is 33.1. The summed E-state index contributed by atoms with van der Waals surface area (Å²) >= 11 is 0. The van der Waals surface area contributed by atoms with E-state index in [-0.39, 0.29) is 23.4 Å². The van der Waals surface area contributed by atoms with E-state index in [4.69, 9.17) is 0 Å². The molecule has 0 aliphatic carbocycles. The Morgan fingerprint density at radius 1 is 0.569 bits per heavy atom. The topological polar surface area (TPSA) is 107 Å². The number of likely N-dealkylation sites (N-methyl/N-ethyl adjacent to an activating group) is 2. The van der Waals surface area contributed by atoms with Crippen LogP contribution in [0.15, 0.2) is 97.3 Å². The molecule has 306 valence electrons. The first kappa shape index (κ1) is 45.5. The van der Waals surface area contributed by atoms with Crippen LogP contribution in [0.4, 0.5) is 11.4 Å². The Morgan fingerprint density at radius 3 is 1.34 bits per heavy atom. The average Bonchev–Trinajstić information content (AvgIpc) is 3.21. The van der Waals surface area contributed by atoms with Crippen molar-refractivity contribution in [1.29, 1.82) is 0 Å². The molecule has 2 heterocycles. The minimum Gasteiger partial charge on any atom is -0.367 e. The number of rotatable bonds is 25. The summed E-state index contributed by atoms with van der Waals surface area (Å²) in [6.07, 6.45) is 14.8. The van der Waals surface area contributed by atoms with E-state index in [2.05, 4.69) is 56.2 Å². The molecule has 4 aromatic rings. The fraction of sp³-hybridized carbons (Fsp3) is 0.348. The van der Waals surface area contributed by atoms with Crippen LogP contribution in [-0.4, -0.2) is 75.2 Å². The molecule has 2 amide bonds. The summed E-state index contributed by atoms with van der Waals surface area (Å²) < 4.78 is 4.31. The van der Waals surface area contributed by atoms with Crippen LogP contribution in [0.25, 0.3) is 24.3 Å². The molecule has 2 aromatic heterocycles. The average molecular weight is 823 g/mol. The van der Waals surface area contributed by atoms with Gasteiger partial charge in [-0.15, -0.1) is 0 Å². The monoisotopic (exact) mass is 822 g/mol. The number of amides is 2. The number of benzene rings is 2. The molecule has 0 aliphatic rings. The number of hydrogen-bond donors (Lipinski definition) is 2.